The molecule has 1 aromatic heterocycles. The lowest BCUT2D eigenvalue weighted by Gasteiger charge is -2.22. The monoisotopic (exact) mass is 272 g/mol. The van der Waals surface area contributed by atoms with Crippen LogP contribution in [0.5, 0.6) is 0 Å². The molecule has 0 saturated carbocycles. The molecule has 1 fully saturated rings. The molecule has 0 aliphatic carbocycles. The van der Waals surface area contributed by atoms with E-state index in [1.165, 1.54) is 12.3 Å². The van der Waals surface area contributed by atoms with Gasteiger partial charge in [0, 0.05) is 11.9 Å². The van der Waals surface area contributed by atoms with Gasteiger partial charge in [0.25, 0.3) is 5.92 Å². The molecule has 2 heterocycles. The molecule has 0 bridgehead atoms. The zero-order valence-corrected chi connectivity index (χ0v) is 10.5. The molecule has 2 rings (SSSR count). The highest BCUT2D eigenvalue weighted by Crippen LogP contribution is 2.47. The molecule has 0 amide bonds. The fourth-order valence-corrected chi connectivity index (χ4v) is 2.30. The summed E-state index contributed by atoms with van der Waals surface area (Å²) in [5, 5.41) is 0. The Bertz CT molecular complexity index is 544. The normalized spacial score (nSPS) is 29.4. The van der Waals surface area contributed by atoms with Crippen molar-refractivity contribution in [3.8, 4) is 0 Å². The number of nitrogens with zero attached hydrogens (tertiary/aromatic N) is 2. The van der Waals surface area contributed by atoms with E-state index in [9.17, 15) is 18.4 Å². The van der Waals surface area contributed by atoms with E-state index < -0.39 is 29.9 Å². The molecule has 0 N–H and O–H groups in total. The highest BCUT2D eigenvalue weighted by Gasteiger charge is 2.59. The Kier molecular flexibility index (Phi) is 3.49. The lowest BCUT2D eigenvalue weighted by atomic mass is 9.95. The predicted octanol–water partition coefficient (Wildman–Crippen LogP) is 1.31. The number of aromatic nitrogens is 2. The van der Waals surface area contributed by atoms with Gasteiger partial charge in [0.2, 0.25) is 6.23 Å². The number of ether oxygens (including phenoxy) is 1. The maximum absolute atomic E-state index is 14.2. The largest absolute Gasteiger partial charge is 0.350 e. The van der Waals surface area contributed by atoms with Gasteiger partial charge in [-0.15, -0.1) is 0 Å². The summed E-state index contributed by atoms with van der Waals surface area (Å²) in [6, 6.07) is 1.44. The molecule has 0 radical (unpaired) electrons. The van der Waals surface area contributed by atoms with Gasteiger partial charge < -0.3 is 9.53 Å². The average molecular weight is 272 g/mol. The highest BCUT2D eigenvalue weighted by atomic mass is 19.3. The van der Waals surface area contributed by atoms with Crippen LogP contribution < -0.4 is 5.69 Å². The molecule has 3 atom stereocenters. The van der Waals surface area contributed by atoms with Crippen molar-refractivity contribution >= 4 is 6.29 Å². The van der Waals surface area contributed by atoms with Crippen molar-refractivity contribution in [1.29, 1.82) is 0 Å². The number of alkyl halides is 2. The van der Waals surface area contributed by atoms with Crippen LogP contribution in [0.4, 0.5) is 8.78 Å². The summed E-state index contributed by atoms with van der Waals surface area (Å²) in [4.78, 5) is 26.1. The first-order valence-corrected chi connectivity index (χ1v) is 5.96. The number of halogens is 2. The smallest absolute Gasteiger partial charge is 0.340 e. The Hall–Kier alpha value is -1.63. The second-order valence-electron chi connectivity index (χ2n) is 4.54. The molecule has 1 aliphatic rings. The fraction of sp³-hybridized carbons (Fsp3) is 0.583. The van der Waals surface area contributed by atoms with Gasteiger partial charge in [0.1, 0.15) is 12.4 Å². The zero-order valence-electron chi connectivity index (χ0n) is 10.5. The minimum Gasteiger partial charge on any atom is -0.340 e. The summed E-state index contributed by atoms with van der Waals surface area (Å²) in [5.41, 5.74) is -0.382. The first-order chi connectivity index (χ1) is 8.91. The summed E-state index contributed by atoms with van der Waals surface area (Å²) in [6.45, 7) is 3.14. The van der Waals surface area contributed by atoms with Gasteiger partial charge in [-0.05, 0) is 19.4 Å². The first-order valence-electron chi connectivity index (χ1n) is 5.96. The van der Waals surface area contributed by atoms with Crippen LogP contribution in [-0.2, 0) is 9.53 Å². The van der Waals surface area contributed by atoms with Crippen molar-refractivity contribution in [1.82, 2.24) is 9.55 Å². The lowest BCUT2D eigenvalue weighted by molar-refractivity contribution is -0.132. The van der Waals surface area contributed by atoms with E-state index in [1.807, 2.05) is 0 Å². The van der Waals surface area contributed by atoms with Crippen LogP contribution in [0, 0.1) is 12.8 Å². The molecule has 1 aliphatic heterocycles. The van der Waals surface area contributed by atoms with E-state index in [2.05, 4.69) is 4.98 Å². The van der Waals surface area contributed by atoms with Gasteiger partial charge in [-0.25, -0.2) is 13.6 Å². The molecule has 104 valence electrons. The van der Waals surface area contributed by atoms with E-state index in [0.717, 1.165) is 4.57 Å². The van der Waals surface area contributed by atoms with Crippen molar-refractivity contribution in [3.63, 3.8) is 0 Å². The molecule has 5 nitrogen and oxygen atoms in total. The Morgan fingerprint density at radius 3 is 2.74 bits per heavy atom. The van der Waals surface area contributed by atoms with Crippen LogP contribution in [0.25, 0.3) is 0 Å². The van der Waals surface area contributed by atoms with Crippen molar-refractivity contribution in [2.75, 3.05) is 0 Å². The summed E-state index contributed by atoms with van der Waals surface area (Å²) >= 11 is 0. The third-order valence-electron chi connectivity index (χ3n) is 3.30. The summed E-state index contributed by atoms with van der Waals surface area (Å²) in [7, 11) is 0. The van der Waals surface area contributed by atoms with E-state index in [0.29, 0.717) is 12.0 Å². The topological polar surface area (TPSA) is 61.2 Å². The quantitative estimate of drug-likeness (QED) is 0.778. The molecule has 3 unspecified atom stereocenters. The van der Waals surface area contributed by atoms with Gasteiger partial charge in [0.05, 0.1) is 5.92 Å². The molecule has 0 aromatic carbocycles. The van der Waals surface area contributed by atoms with Crippen LogP contribution >= 0.6 is 0 Å². The molecule has 1 saturated heterocycles. The zero-order chi connectivity index (χ0) is 14.2. The van der Waals surface area contributed by atoms with E-state index in [4.69, 9.17) is 4.74 Å². The van der Waals surface area contributed by atoms with Crippen molar-refractivity contribution in [3.05, 3.63) is 28.4 Å². The van der Waals surface area contributed by atoms with Crippen molar-refractivity contribution in [2.45, 2.75) is 38.5 Å². The number of carbonyl (C=O) groups is 1. The first kappa shape index (κ1) is 13.8. The van der Waals surface area contributed by atoms with Crippen LogP contribution in [0.1, 0.15) is 25.3 Å². The highest BCUT2D eigenvalue weighted by molar-refractivity contribution is 5.57. The minimum atomic E-state index is -3.29. The van der Waals surface area contributed by atoms with Crippen molar-refractivity contribution in [2.24, 2.45) is 5.92 Å². The van der Waals surface area contributed by atoms with Crippen LogP contribution in [0.15, 0.2) is 17.1 Å². The standard InChI is InChI=1S/C12H14F2N2O3/c1-3-8-9(6-17)19-10(12(8,13)14)16-5-4-7(2)15-11(16)18/h4-6,8-10H,3H2,1-2H3. The molecular weight excluding hydrogens is 258 g/mol. The number of aldehydes is 1. The van der Waals surface area contributed by atoms with Crippen LogP contribution in [0.2, 0.25) is 0 Å². The number of hydrogen-bond acceptors (Lipinski definition) is 4. The van der Waals surface area contributed by atoms with Crippen molar-refractivity contribution < 1.29 is 18.3 Å². The van der Waals surface area contributed by atoms with Crippen LogP contribution in [-0.4, -0.2) is 27.9 Å². The third kappa shape index (κ3) is 2.18. The molecule has 0 spiro atoms. The number of aryl methyl sites for hydroxylation is 1. The van der Waals surface area contributed by atoms with Gasteiger partial charge in [-0.2, -0.15) is 4.98 Å². The van der Waals surface area contributed by atoms with E-state index in [1.54, 1.807) is 13.8 Å². The fourth-order valence-electron chi connectivity index (χ4n) is 2.30. The molecular formula is C12H14F2N2O3. The Balaban J connectivity index is 2.45. The molecule has 7 heteroatoms. The van der Waals surface area contributed by atoms with E-state index >= 15 is 0 Å². The minimum absolute atomic E-state index is 0.0843. The van der Waals surface area contributed by atoms with E-state index in [-0.39, 0.29) is 6.42 Å². The van der Waals surface area contributed by atoms with Crippen LogP contribution in [0.3, 0.4) is 0 Å². The SMILES string of the molecule is CCC1C(C=O)OC(n2ccc(C)nc2=O)C1(F)F. The second kappa shape index (κ2) is 4.80. The second-order valence-corrected chi connectivity index (χ2v) is 4.54. The predicted molar refractivity (Wildman–Crippen MR) is 61.9 cm³/mol. The maximum atomic E-state index is 14.2. The number of rotatable bonds is 3. The average Bonchev–Trinajstić information content (AvgIpc) is 2.60. The Morgan fingerprint density at radius 2 is 2.26 bits per heavy atom. The Labute approximate surface area is 108 Å². The van der Waals surface area contributed by atoms with Gasteiger partial charge in [-0.1, -0.05) is 6.92 Å². The summed E-state index contributed by atoms with van der Waals surface area (Å²) in [5.74, 6) is -4.52. The maximum Gasteiger partial charge on any atom is 0.350 e. The molecule has 19 heavy (non-hydrogen) atoms. The summed E-state index contributed by atoms with van der Waals surface area (Å²) in [6.07, 6.45) is -1.34. The molecule has 1 aromatic rings. The lowest BCUT2D eigenvalue weighted by Crippen LogP contribution is -2.38. The van der Waals surface area contributed by atoms with Gasteiger partial charge >= 0.3 is 5.69 Å². The summed E-state index contributed by atoms with van der Waals surface area (Å²) < 4.78 is 34.2. The Morgan fingerprint density at radius 1 is 1.58 bits per heavy atom. The third-order valence-corrected chi connectivity index (χ3v) is 3.30. The number of hydrogen-bond donors (Lipinski definition) is 0. The van der Waals surface area contributed by atoms with Gasteiger partial charge in [0.15, 0.2) is 0 Å². The number of carbonyl (C=O) groups excluding carboxylic acids is 1. The van der Waals surface area contributed by atoms with Gasteiger partial charge in [-0.3, -0.25) is 4.57 Å².